The highest BCUT2D eigenvalue weighted by Gasteiger charge is 2.43. The zero-order valence-electron chi connectivity index (χ0n) is 7.90. The highest BCUT2D eigenvalue weighted by atomic mass is 16.7. The minimum Gasteiger partial charge on any atom is -0.300 e. The summed E-state index contributed by atoms with van der Waals surface area (Å²) in [6.45, 7) is 0.455. The smallest absolute Gasteiger partial charge is 0.263 e. The van der Waals surface area contributed by atoms with Crippen molar-refractivity contribution in [2.45, 2.75) is 24.9 Å². The van der Waals surface area contributed by atoms with Crippen molar-refractivity contribution in [1.29, 1.82) is 0 Å². The molecule has 0 spiro atoms. The fourth-order valence-corrected chi connectivity index (χ4v) is 2.63. The van der Waals surface area contributed by atoms with Gasteiger partial charge in [-0.05, 0) is 24.7 Å². The Hall–Kier alpha value is -0.870. The van der Waals surface area contributed by atoms with Crippen LogP contribution >= 0.6 is 0 Å². The van der Waals surface area contributed by atoms with E-state index >= 15 is 0 Å². The van der Waals surface area contributed by atoms with Gasteiger partial charge >= 0.3 is 0 Å². The molecule has 1 heterocycles. The Balaban J connectivity index is 1.58. The number of carbonyl (C=O) groups excluding carboxylic acids is 1. The van der Waals surface area contributed by atoms with Crippen LogP contribution < -0.4 is 10.8 Å². The fraction of sp³-hybridized carbons (Fsp3) is 0.700. The maximum atomic E-state index is 11.2. The molecule has 3 rings (SSSR count). The molecule has 4 unspecified atom stereocenters. The van der Waals surface area contributed by atoms with E-state index in [1.165, 1.54) is 12.8 Å². The summed E-state index contributed by atoms with van der Waals surface area (Å²) in [5, 5.41) is 3.35. The van der Waals surface area contributed by atoms with Crippen LogP contribution in [0.25, 0.3) is 0 Å². The molecule has 76 valence electrons. The van der Waals surface area contributed by atoms with Gasteiger partial charge in [-0.25, -0.2) is 5.48 Å². The normalized spacial score (nSPS) is 44.7. The lowest BCUT2D eigenvalue weighted by Crippen LogP contribution is -2.54. The van der Waals surface area contributed by atoms with E-state index in [0.29, 0.717) is 18.6 Å². The lowest BCUT2D eigenvalue weighted by molar-refractivity contribution is -0.125. The van der Waals surface area contributed by atoms with Crippen molar-refractivity contribution in [1.82, 2.24) is 10.8 Å². The highest BCUT2D eigenvalue weighted by molar-refractivity contribution is 5.82. The van der Waals surface area contributed by atoms with Crippen molar-refractivity contribution in [3.05, 3.63) is 12.2 Å². The molecule has 3 aliphatic rings. The minimum atomic E-state index is -0.144. The monoisotopic (exact) mass is 194 g/mol. The Kier molecular flexibility index (Phi) is 1.85. The van der Waals surface area contributed by atoms with E-state index in [4.69, 9.17) is 4.84 Å². The first-order valence-electron chi connectivity index (χ1n) is 5.19. The molecular formula is C10H14N2O2. The van der Waals surface area contributed by atoms with E-state index in [1.54, 1.807) is 0 Å². The van der Waals surface area contributed by atoms with Crippen LogP contribution in [0.4, 0.5) is 0 Å². The molecule has 0 aromatic carbocycles. The summed E-state index contributed by atoms with van der Waals surface area (Å²) in [6, 6.07) is 0.339. The van der Waals surface area contributed by atoms with Gasteiger partial charge in [0, 0.05) is 6.04 Å². The Morgan fingerprint density at radius 1 is 1.57 bits per heavy atom. The zero-order valence-corrected chi connectivity index (χ0v) is 7.90. The number of hydroxylamine groups is 1. The minimum absolute atomic E-state index is 0.0320. The molecule has 1 amide bonds. The van der Waals surface area contributed by atoms with Crippen LogP contribution in [-0.4, -0.2) is 24.6 Å². The molecule has 0 radical (unpaired) electrons. The third-order valence-electron chi connectivity index (χ3n) is 3.52. The maximum absolute atomic E-state index is 11.2. The van der Waals surface area contributed by atoms with Gasteiger partial charge in [-0.3, -0.25) is 9.63 Å². The first-order chi connectivity index (χ1) is 6.84. The van der Waals surface area contributed by atoms with E-state index in [1.807, 2.05) is 0 Å². The molecule has 2 N–H and O–H groups in total. The highest BCUT2D eigenvalue weighted by Crippen LogP contribution is 2.42. The zero-order chi connectivity index (χ0) is 9.54. The van der Waals surface area contributed by atoms with Crippen molar-refractivity contribution < 1.29 is 9.63 Å². The molecule has 4 atom stereocenters. The van der Waals surface area contributed by atoms with E-state index in [0.717, 1.165) is 5.92 Å². The van der Waals surface area contributed by atoms with E-state index in [9.17, 15) is 4.79 Å². The first-order valence-corrected chi connectivity index (χ1v) is 5.19. The van der Waals surface area contributed by atoms with Crippen LogP contribution in [0, 0.1) is 11.8 Å². The van der Waals surface area contributed by atoms with Gasteiger partial charge in [0.1, 0.15) is 6.04 Å². The summed E-state index contributed by atoms with van der Waals surface area (Å²) in [5.74, 6) is 1.46. The molecular weight excluding hydrogens is 180 g/mol. The van der Waals surface area contributed by atoms with Crippen molar-refractivity contribution in [3.63, 3.8) is 0 Å². The molecule has 0 bridgehead atoms. The number of fused-ring (bicyclic) bond motifs is 1. The Morgan fingerprint density at radius 2 is 2.50 bits per heavy atom. The molecule has 1 saturated heterocycles. The average Bonchev–Trinajstić information content (AvgIpc) is 2.69. The summed E-state index contributed by atoms with van der Waals surface area (Å²) in [4.78, 5) is 16.1. The van der Waals surface area contributed by atoms with Crippen molar-refractivity contribution in [3.8, 4) is 0 Å². The van der Waals surface area contributed by atoms with Gasteiger partial charge in [0.05, 0.1) is 6.61 Å². The molecule has 0 aromatic heterocycles. The molecule has 2 aliphatic carbocycles. The van der Waals surface area contributed by atoms with E-state index in [2.05, 4.69) is 22.9 Å². The molecule has 0 aromatic rings. The number of hydrogen-bond donors (Lipinski definition) is 2. The van der Waals surface area contributed by atoms with Gasteiger partial charge in [0.2, 0.25) is 0 Å². The fourth-order valence-electron chi connectivity index (χ4n) is 2.63. The van der Waals surface area contributed by atoms with Gasteiger partial charge in [-0.1, -0.05) is 12.2 Å². The van der Waals surface area contributed by atoms with Gasteiger partial charge in [-0.2, -0.15) is 0 Å². The van der Waals surface area contributed by atoms with Crippen molar-refractivity contribution in [2.24, 2.45) is 11.8 Å². The third kappa shape index (κ3) is 1.18. The van der Waals surface area contributed by atoms with Crippen LogP contribution in [0.15, 0.2) is 12.2 Å². The van der Waals surface area contributed by atoms with Crippen molar-refractivity contribution in [2.75, 3.05) is 6.61 Å². The number of carbonyl (C=O) groups is 1. The first kappa shape index (κ1) is 8.44. The standard InChI is InChI=1S/C10H14N2O2/c13-10-9(5-14-12-10)11-8-4-6-2-1-3-7(6)8/h1,3,6-9,11H,2,4-5H2,(H,12,13). The van der Waals surface area contributed by atoms with E-state index < -0.39 is 0 Å². The molecule has 2 fully saturated rings. The summed E-state index contributed by atoms with van der Waals surface area (Å²) < 4.78 is 0. The maximum Gasteiger partial charge on any atom is 0.263 e. The summed E-state index contributed by atoms with van der Waals surface area (Å²) in [7, 11) is 0. The summed E-state index contributed by atoms with van der Waals surface area (Å²) in [5.41, 5.74) is 2.36. The molecule has 4 heteroatoms. The topological polar surface area (TPSA) is 50.4 Å². The quantitative estimate of drug-likeness (QED) is 0.607. The van der Waals surface area contributed by atoms with Gasteiger partial charge in [0.15, 0.2) is 0 Å². The van der Waals surface area contributed by atoms with Crippen molar-refractivity contribution >= 4 is 5.91 Å². The second-order valence-corrected chi connectivity index (χ2v) is 4.34. The molecule has 1 saturated carbocycles. The SMILES string of the molecule is O=C1NOCC1NC1CC2CC=CC21. The number of hydrogen-bond acceptors (Lipinski definition) is 3. The summed E-state index contributed by atoms with van der Waals surface area (Å²) >= 11 is 0. The van der Waals surface area contributed by atoms with E-state index in [-0.39, 0.29) is 11.9 Å². The van der Waals surface area contributed by atoms with Crippen LogP contribution in [0.5, 0.6) is 0 Å². The van der Waals surface area contributed by atoms with Gasteiger partial charge < -0.3 is 5.32 Å². The number of allylic oxidation sites excluding steroid dienone is 1. The second-order valence-electron chi connectivity index (χ2n) is 4.34. The third-order valence-corrected chi connectivity index (χ3v) is 3.52. The lowest BCUT2D eigenvalue weighted by Gasteiger charge is -2.41. The van der Waals surface area contributed by atoms with Gasteiger partial charge in [-0.15, -0.1) is 0 Å². The number of amides is 1. The van der Waals surface area contributed by atoms with Crippen LogP contribution in [0.1, 0.15) is 12.8 Å². The average molecular weight is 194 g/mol. The van der Waals surface area contributed by atoms with Gasteiger partial charge in [0.25, 0.3) is 5.91 Å². The Morgan fingerprint density at radius 3 is 3.21 bits per heavy atom. The largest absolute Gasteiger partial charge is 0.300 e. The second kappa shape index (κ2) is 3.07. The van der Waals surface area contributed by atoms with Crippen LogP contribution in [0.3, 0.4) is 0 Å². The summed E-state index contributed by atoms with van der Waals surface area (Å²) in [6.07, 6.45) is 6.94. The Labute approximate surface area is 82.6 Å². The lowest BCUT2D eigenvalue weighted by atomic mass is 9.71. The predicted octanol–water partition coefficient (Wildman–Crippen LogP) is -0.0294. The Bertz CT molecular complexity index is 290. The number of rotatable bonds is 2. The molecule has 1 aliphatic heterocycles. The van der Waals surface area contributed by atoms with Crippen LogP contribution in [-0.2, 0) is 9.63 Å². The molecule has 14 heavy (non-hydrogen) atoms. The van der Waals surface area contributed by atoms with Crippen LogP contribution in [0.2, 0.25) is 0 Å². The molecule has 4 nitrogen and oxygen atoms in total. The number of nitrogens with one attached hydrogen (secondary N) is 2. The predicted molar refractivity (Wildman–Crippen MR) is 50.2 cm³/mol.